The van der Waals surface area contributed by atoms with E-state index in [0.717, 1.165) is 5.57 Å². The van der Waals surface area contributed by atoms with E-state index in [-0.39, 0.29) is 0 Å². The van der Waals surface area contributed by atoms with Gasteiger partial charge >= 0.3 is 0 Å². The number of hydrogen-bond acceptors (Lipinski definition) is 3. The molecule has 1 rings (SSSR count). The molecular formula is C13H12ClN3. The summed E-state index contributed by atoms with van der Waals surface area (Å²) in [5, 5.41) is 0.358. The molecule has 0 spiro atoms. The van der Waals surface area contributed by atoms with Crippen LogP contribution in [0.3, 0.4) is 0 Å². The van der Waals surface area contributed by atoms with Crippen molar-refractivity contribution in [1.29, 1.82) is 0 Å². The third-order valence-electron chi connectivity index (χ3n) is 1.79. The van der Waals surface area contributed by atoms with Gasteiger partial charge in [0.2, 0.25) is 0 Å². The van der Waals surface area contributed by atoms with Gasteiger partial charge < -0.3 is 0 Å². The Bertz CT molecular complexity index is 501. The maximum absolute atomic E-state index is 5.78. The Morgan fingerprint density at radius 1 is 1.41 bits per heavy atom. The molecule has 0 aromatic carbocycles. The fourth-order valence-electron chi connectivity index (χ4n) is 1.02. The summed E-state index contributed by atoms with van der Waals surface area (Å²) in [6.45, 7) is 10.8. The maximum Gasteiger partial charge on any atom is 0.179 e. The molecular weight excluding hydrogens is 234 g/mol. The smallest absolute Gasteiger partial charge is 0.179 e. The van der Waals surface area contributed by atoms with Crippen LogP contribution >= 0.6 is 11.6 Å². The van der Waals surface area contributed by atoms with Crippen LogP contribution in [0.4, 0.5) is 11.5 Å². The largest absolute Gasteiger partial charge is 0.261 e. The van der Waals surface area contributed by atoms with Gasteiger partial charge in [0, 0.05) is 6.21 Å². The zero-order chi connectivity index (χ0) is 12.7. The van der Waals surface area contributed by atoms with Crippen molar-refractivity contribution in [2.45, 2.75) is 0 Å². The quantitative estimate of drug-likeness (QED) is 0.438. The topological polar surface area (TPSA) is 37.6 Å². The van der Waals surface area contributed by atoms with Crippen molar-refractivity contribution in [2.24, 2.45) is 9.98 Å². The van der Waals surface area contributed by atoms with Gasteiger partial charge in [0.1, 0.15) is 10.8 Å². The average molecular weight is 246 g/mol. The zero-order valence-electron chi connectivity index (χ0n) is 9.31. The van der Waals surface area contributed by atoms with E-state index in [0.29, 0.717) is 16.7 Å². The molecule has 0 N–H and O–H groups in total. The molecule has 0 unspecified atom stereocenters. The Kier molecular flexibility index (Phi) is 5.04. The first-order valence-electron chi connectivity index (χ1n) is 4.82. The van der Waals surface area contributed by atoms with Crippen molar-refractivity contribution in [3.8, 4) is 0 Å². The number of nitrogens with zero attached hydrogens (tertiary/aromatic N) is 3. The molecule has 0 atom stereocenters. The highest BCUT2D eigenvalue weighted by Gasteiger charge is 2.00. The van der Waals surface area contributed by atoms with E-state index in [2.05, 4.69) is 34.8 Å². The highest BCUT2D eigenvalue weighted by atomic mass is 35.5. The van der Waals surface area contributed by atoms with Crippen molar-refractivity contribution in [3.63, 3.8) is 0 Å². The summed E-state index contributed by atoms with van der Waals surface area (Å²) in [5.74, 6) is 0.417. The maximum atomic E-state index is 5.78. The fraction of sp³-hybridized carbons (Fsp3) is 0. The standard InChI is InChI=1S/C13H12ClN3/c1-4-5-6-10(2)9-16-13-11(15-3)7-8-12(14)17-13/h4-9H,1-3H2/b6-5-,16-9+. The van der Waals surface area contributed by atoms with E-state index < -0.39 is 0 Å². The summed E-state index contributed by atoms with van der Waals surface area (Å²) in [6, 6.07) is 3.34. The Balaban J connectivity index is 2.94. The predicted molar refractivity (Wildman–Crippen MR) is 75.1 cm³/mol. The number of pyridine rings is 1. The van der Waals surface area contributed by atoms with Crippen molar-refractivity contribution < 1.29 is 0 Å². The summed E-state index contributed by atoms with van der Waals surface area (Å²) in [7, 11) is 0. The van der Waals surface area contributed by atoms with E-state index in [1.165, 1.54) is 0 Å². The Labute approximate surface area is 106 Å². The SMILES string of the molecule is C=C/C=C\C(=C)/C=N/c1nc(Cl)ccc1N=C. The van der Waals surface area contributed by atoms with Gasteiger partial charge in [0.15, 0.2) is 5.82 Å². The van der Waals surface area contributed by atoms with Gasteiger partial charge in [-0.15, -0.1) is 0 Å². The van der Waals surface area contributed by atoms with Gasteiger partial charge in [-0.2, -0.15) is 0 Å². The minimum absolute atomic E-state index is 0.358. The van der Waals surface area contributed by atoms with Crippen molar-refractivity contribution in [2.75, 3.05) is 0 Å². The van der Waals surface area contributed by atoms with Gasteiger partial charge in [-0.25, -0.2) is 9.98 Å². The van der Waals surface area contributed by atoms with E-state index in [4.69, 9.17) is 11.6 Å². The second kappa shape index (κ2) is 6.55. The lowest BCUT2D eigenvalue weighted by atomic mass is 10.3. The molecule has 17 heavy (non-hydrogen) atoms. The Morgan fingerprint density at radius 2 is 2.18 bits per heavy atom. The number of aliphatic imine (C=N–C) groups is 2. The normalized spacial score (nSPS) is 10.9. The summed E-state index contributed by atoms with van der Waals surface area (Å²) in [6.07, 6.45) is 6.79. The van der Waals surface area contributed by atoms with E-state index in [1.54, 1.807) is 36.6 Å². The molecule has 0 saturated heterocycles. The molecule has 0 aliphatic heterocycles. The zero-order valence-corrected chi connectivity index (χ0v) is 10.1. The third kappa shape index (κ3) is 4.17. The van der Waals surface area contributed by atoms with Crippen LogP contribution < -0.4 is 0 Å². The minimum atomic E-state index is 0.358. The number of rotatable bonds is 5. The molecule has 1 heterocycles. The van der Waals surface area contributed by atoms with Crippen molar-refractivity contribution in [1.82, 2.24) is 4.98 Å². The van der Waals surface area contributed by atoms with Crippen LogP contribution in [0, 0.1) is 0 Å². The first-order valence-corrected chi connectivity index (χ1v) is 5.20. The first-order chi connectivity index (χ1) is 8.17. The van der Waals surface area contributed by atoms with Gasteiger partial charge in [0.25, 0.3) is 0 Å². The van der Waals surface area contributed by atoms with Crippen LogP contribution in [-0.4, -0.2) is 17.9 Å². The molecule has 3 nitrogen and oxygen atoms in total. The molecule has 0 radical (unpaired) electrons. The van der Waals surface area contributed by atoms with E-state index >= 15 is 0 Å². The van der Waals surface area contributed by atoms with Crippen molar-refractivity contribution in [3.05, 3.63) is 54.2 Å². The summed E-state index contributed by atoms with van der Waals surface area (Å²) >= 11 is 5.78. The van der Waals surface area contributed by atoms with E-state index in [9.17, 15) is 0 Å². The summed E-state index contributed by atoms with van der Waals surface area (Å²) in [4.78, 5) is 12.0. The molecule has 1 aromatic rings. The molecule has 0 aliphatic rings. The summed E-state index contributed by atoms with van der Waals surface area (Å²) in [5.41, 5.74) is 1.30. The van der Waals surface area contributed by atoms with Gasteiger partial charge in [-0.1, -0.05) is 43.0 Å². The van der Waals surface area contributed by atoms with Crippen molar-refractivity contribution >= 4 is 36.0 Å². The second-order valence-corrected chi connectivity index (χ2v) is 3.45. The lowest BCUT2D eigenvalue weighted by Gasteiger charge is -1.98. The molecule has 0 saturated carbocycles. The van der Waals surface area contributed by atoms with Crippen LogP contribution in [0.1, 0.15) is 0 Å². The molecule has 4 heteroatoms. The highest BCUT2D eigenvalue weighted by Crippen LogP contribution is 2.26. The molecule has 0 aliphatic carbocycles. The Hall–Kier alpha value is -2.00. The van der Waals surface area contributed by atoms with Crippen LogP contribution in [-0.2, 0) is 0 Å². The minimum Gasteiger partial charge on any atom is -0.261 e. The molecule has 0 amide bonds. The average Bonchev–Trinajstić information content (AvgIpc) is 2.34. The number of allylic oxidation sites excluding steroid dienone is 4. The van der Waals surface area contributed by atoms with Crippen LogP contribution in [0.15, 0.2) is 59.1 Å². The third-order valence-corrected chi connectivity index (χ3v) is 2.00. The van der Waals surface area contributed by atoms with E-state index in [1.807, 2.05) is 0 Å². The fourth-order valence-corrected chi connectivity index (χ4v) is 1.16. The lowest BCUT2D eigenvalue weighted by molar-refractivity contribution is 1.26. The van der Waals surface area contributed by atoms with Crippen LogP contribution in [0.2, 0.25) is 5.15 Å². The van der Waals surface area contributed by atoms with Gasteiger partial charge in [0.05, 0.1) is 0 Å². The predicted octanol–water partition coefficient (Wildman–Crippen LogP) is 4.07. The van der Waals surface area contributed by atoms with Crippen LogP contribution in [0.25, 0.3) is 0 Å². The highest BCUT2D eigenvalue weighted by molar-refractivity contribution is 6.29. The van der Waals surface area contributed by atoms with Gasteiger partial charge in [-0.05, 0) is 24.4 Å². The number of halogens is 1. The summed E-state index contributed by atoms with van der Waals surface area (Å²) < 4.78 is 0. The first kappa shape index (κ1) is 13.1. The molecule has 0 bridgehead atoms. The van der Waals surface area contributed by atoms with Crippen LogP contribution in [0.5, 0.6) is 0 Å². The number of aromatic nitrogens is 1. The monoisotopic (exact) mass is 245 g/mol. The Morgan fingerprint density at radius 3 is 2.82 bits per heavy atom. The lowest BCUT2D eigenvalue weighted by Crippen LogP contribution is -1.80. The molecule has 1 aromatic heterocycles. The molecule has 0 fully saturated rings. The van der Waals surface area contributed by atoms with Gasteiger partial charge in [-0.3, -0.25) is 4.99 Å². The number of hydrogen-bond donors (Lipinski definition) is 0. The molecule has 86 valence electrons. The second-order valence-electron chi connectivity index (χ2n) is 3.06.